The number of rotatable bonds is 4. The topological polar surface area (TPSA) is 30.5 Å². The number of hydrogen-bond acceptors (Lipinski definition) is 3. The van der Waals surface area contributed by atoms with Gasteiger partial charge in [0.05, 0.1) is 18.8 Å². The number of nitrogens with one attached hydrogen (secondary N) is 1. The van der Waals surface area contributed by atoms with Crippen molar-refractivity contribution in [1.82, 2.24) is 0 Å². The molecule has 0 bridgehead atoms. The van der Waals surface area contributed by atoms with Gasteiger partial charge in [0.1, 0.15) is 0 Å². The first-order valence-electron chi connectivity index (χ1n) is 5.76. The number of hydrogen-bond donors (Lipinski definition) is 1. The molecular formula is C13H19NO2. The fourth-order valence-electron chi connectivity index (χ4n) is 1.90. The van der Waals surface area contributed by atoms with Crippen LogP contribution in [-0.2, 0) is 9.47 Å². The number of ether oxygens (including phenoxy) is 2. The standard InChI is InChI=1S/C13H19NO2/c1-10(15-2)11-4-3-5-12(8-11)14-13-6-7-16-9-13/h3-5,8,10,13-14H,6-7,9H2,1-2H3. The zero-order chi connectivity index (χ0) is 11.4. The second-order valence-corrected chi connectivity index (χ2v) is 4.21. The van der Waals surface area contributed by atoms with E-state index in [2.05, 4.69) is 36.5 Å². The highest BCUT2D eigenvalue weighted by Crippen LogP contribution is 2.21. The molecule has 1 fully saturated rings. The Kier molecular flexibility index (Phi) is 3.80. The van der Waals surface area contributed by atoms with E-state index in [4.69, 9.17) is 9.47 Å². The van der Waals surface area contributed by atoms with Crippen molar-refractivity contribution in [2.24, 2.45) is 0 Å². The van der Waals surface area contributed by atoms with Crippen molar-refractivity contribution >= 4 is 5.69 Å². The predicted octanol–water partition coefficient (Wildman–Crippen LogP) is 2.59. The van der Waals surface area contributed by atoms with E-state index in [9.17, 15) is 0 Å². The van der Waals surface area contributed by atoms with E-state index >= 15 is 0 Å². The molecule has 1 heterocycles. The van der Waals surface area contributed by atoms with Crippen molar-refractivity contribution in [1.29, 1.82) is 0 Å². The van der Waals surface area contributed by atoms with Crippen LogP contribution in [-0.4, -0.2) is 26.4 Å². The van der Waals surface area contributed by atoms with Gasteiger partial charge in [-0.25, -0.2) is 0 Å². The molecule has 16 heavy (non-hydrogen) atoms. The lowest BCUT2D eigenvalue weighted by Crippen LogP contribution is -2.18. The van der Waals surface area contributed by atoms with Gasteiger partial charge in [-0.15, -0.1) is 0 Å². The van der Waals surface area contributed by atoms with Crippen molar-refractivity contribution in [2.45, 2.75) is 25.5 Å². The lowest BCUT2D eigenvalue weighted by molar-refractivity contribution is 0.119. The van der Waals surface area contributed by atoms with Crippen LogP contribution in [0.1, 0.15) is 25.0 Å². The van der Waals surface area contributed by atoms with Gasteiger partial charge in [0.15, 0.2) is 0 Å². The quantitative estimate of drug-likeness (QED) is 0.847. The SMILES string of the molecule is COC(C)c1cccc(NC2CCOC2)c1. The van der Waals surface area contributed by atoms with Gasteiger partial charge in [-0.1, -0.05) is 12.1 Å². The summed E-state index contributed by atoms with van der Waals surface area (Å²) in [5, 5.41) is 3.48. The van der Waals surface area contributed by atoms with E-state index in [1.54, 1.807) is 7.11 Å². The molecule has 2 atom stereocenters. The van der Waals surface area contributed by atoms with Crippen molar-refractivity contribution < 1.29 is 9.47 Å². The van der Waals surface area contributed by atoms with Gasteiger partial charge in [0.2, 0.25) is 0 Å². The third-order valence-corrected chi connectivity index (χ3v) is 3.01. The molecule has 1 aromatic rings. The Labute approximate surface area is 96.8 Å². The molecule has 0 radical (unpaired) electrons. The fourth-order valence-corrected chi connectivity index (χ4v) is 1.90. The molecule has 3 heteroatoms. The van der Waals surface area contributed by atoms with Gasteiger partial charge in [-0.3, -0.25) is 0 Å². The zero-order valence-electron chi connectivity index (χ0n) is 9.90. The fraction of sp³-hybridized carbons (Fsp3) is 0.538. The van der Waals surface area contributed by atoms with Crippen LogP contribution >= 0.6 is 0 Å². The second-order valence-electron chi connectivity index (χ2n) is 4.21. The van der Waals surface area contributed by atoms with E-state index in [1.165, 1.54) is 5.56 Å². The van der Waals surface area contributed by atoms with Gasteiger partial charge in [0, 0.05) is 19.4 Å². The van der Waals surface area contributed by atoms with Crippen LogP contribution in [0.15, 0.2) is 24.3 Å². The monoisotopic (exact) mass is 221 g/mol. The molecule has 1 saturated heterocycles. The Balaban J connectivity index is 2.03. The minimum absolute atomic E-state index is 0.140. The molecule has 1 aromatic carbocycles. The molecular weight excluding hydrogens is 202 g/mol. The summed E-state index contributed by atoms with van der Waals surface area (Å²) in [5.41, 5.74) is 2.35. The lowest BCUT2D eigenvalue weighted by atomic mass is 10.1. The van der Waals surface area contributed by atoms with Crippen molar-refractivity contribution in [2.75, 3.05) is 25.6 Å². The van der Waals surface area contributed by atoms with Gasteiger partial charge in [-0.05, 0) is 31.0 Å². The highest BCUT2D eigenvalue weighted by Gasteiger charge is 2.15. The van der Waals surface area contributed by atoms with E-state index in [0.29, 0.717) is 6.04 Å². The van der Waals surface area contributed by atoms with Crippen molar-refractivity contribution in [3.8, 4) is 0 Å². The van der Waals surface area contributed by atoms with Gasteiger partial charge in [0.25, 0.3) is 0 Å². The first-order valence-corrected chi connectivity index (χ1v) is 5.76. The Hall–Kier alpha value is -1.06. The summed E-state index contributed by atoms with van der Waals surface area (Å²) >= 11 is 0. The Morgan fingerprint density at radius 1 is 1.50 bits per heavy atom. The summed E-state index contributed by atoms with van der Waals surface area (Å²) in [6.07, 6.45) is 1.23. The molecule has 88 valence electrons. The largest absolute Gasteiger partial charge is 0.380 e. The average Bonchev–Trinajstić information content (AvgIpc) is 2.81. The van der Waals surface area contributed by atoms with E-state index in [0.717, 1.165) is 25.3 Å². The molecule has 0 saturated carbocycles. The zero-order valence-corrected chi connectivity index (χ0v) is 9.90. The summed E-state index contributed by atoms with van der Waals surface area (Å²) in [4.78, 5) is 0. The normalized spacial score (nSPS) is 22.0. The minimum Gasteiger partial charge on any atom is -0.380 e. The molecule has 0 aliphatic carbocycles. The Morgan fingerprint density at radius 2 is 2.38 bits per heavy atom. The molecule has 0 amide bonds. The lowest BCUT2D eigenvalue weighted by Gasteiger charge is -2.15. The maximum atomic E-state index is 5.34. The first-order chi connectivity index (χ1) is 7.79. The van der Waals surface area contributed by atoms with Crippen molar-refractivity contribution in [3.05, 3.63) is 29.8 Å². The first kappa shape index (κ1) is 11.4. The molecule has 1 N–H and O–H groups in total. The molecule has 0 aromatic heterocycles. The number of benzene rings is 1. The summed E-state index contributed by atoms with van der Waals surface area (Å²) in [7, 11) is 1.73. The molecule has 1 aliphatic heterocycles. The predicted molar refractivity (Wildman–Crippen MR) is 64.7 cm³/mol. The third kappa shape index (κ3) is 2.74. The van der Waals surface area contributed by atoms with Crippen LogP contribution in [0, 0.1) is 0 Å². The van der Waals surface area contributed by atoms with Crippen molar-refractivity contribution in [3.63, 3.8) is 0 Å². The van der Waals surface area contributed by atoms with Crippen LogP contribution in [0.5, 0.6) is 0 Å². The molecule has 0 spiro atoms. The minimum atomic E-state index is 0.140. The van der Waals surface area contributed by atoms with E-state index in [1.807, 2.05) is 0 Å². The van der Waals surface area contributed by atoms with Gasteiger partial charge in [-0.2, -0.15) is 0 Å². The molecule has 1 aliphatic rings. The van der Waals surface area contributed by atoms with Gasteiger partial charge >= 0.3 is 0 Å². The molecule has 2 rings (SSSR count). The van der Waals surface area contributed by atoms with Crippen LogP contribution in [0.4, 0.5) is 5.69 Å². The molecule has 2 unspecified atom stereocenters. The van der Waals surface area contributed by atoms with E-state index < -0.39 is 0 Å². The highest BCUT2D eigenvalue weighted by molar-refractivity contribution is 5.47. The summed E-state index contributed by atoms with van der Waals surface area (Å²) in [6, 6.07) is 8.83. The highest BCUT2D eigenvalue weighted by atomic mass is 16.5. The number of methoxy groups -OCH3 is 1. The van der Waals surface area contributed by atoms with E-state index in [-0.39, 0.29) is 6.10 Å². The molecule has 3 nitrogen and oxygen atoms in total. The van der Waals surface area contributed by atoms with Crippen LogP contribution in [0.25, 0.3) is 0 Å². The third-order valence-electron chi connectivity index (χ3n) is 3.01. The summed E-state index contributed by atoms with van der Waals surface area (Å²) in [5.74, 6) is 0. The number of anilines is 1. The maximum Gasteiger partial charge on any atom is 0.0793 e. The smallest absolute Gasteiger partial charge is 0.0793 e. The van der Waals surface area contributed by atoms with Crippen LogP contribution in [0.2, 0.25) is 0 Å². The summed E-state index contributed by atoms with van der Waals surface area (Å²) < 4.78 is 10.6. The van der Waals surface area contributed by atoms with Crippen LogP contribution < -0.4 is 5.32 Å². The summed E-state index contributed by atoms with van der Waals surface area (Å²) in [6.45, 7) is 3.73. The second kappa shape index (κ2) is 5.32. The maximum absolute atomic E-state index is 5.34. The Morgan fingerprint density at radius 3 is 3.06 bits per heavy atom. The average molecular weight is 221 g/mol. The van der Waals surface area contributed by atoms with Crippen LogP contribution in [0.3, 0.4) is 0 Å². The Bertz CT molecular complexity index is 334. The van der Waals surface area contributed by atoms with Gasteiger partial charge < -0.3 is 14.8 Å².